The predicted molar refractivity (Wildman–Crippen MR) is 155 cm³/mol. The van der Waals surface area contributed by atoms with Crippen molar-refractivity contribution in [2.24, 2.45) is 0 Å². The van der Waals surface area contributed by atoms with Crippen LogP contribution in [0.4, 0.5) is 19.0 Å². The number of fused-ring (bicyclic) bond motifs is 1. The van der Waals surface area contributed by atoms with Gasteiger partial charge in [-0.25, -0.2) is 18.4 Å². The number of rotatable bonds is 8. The van der Waals surface area contributed by atoms with E-state index in [1.54, 1.807) is 22.5 Å². The first-order valence-corrected chi connectivity index (χ1v) is 15.7. The van der Waals surface area contributed by atoms with Crippen molar-refractivity contribution >= 4 is 49.8 Å². The van der Waals surface area contributed by atoms with Crippen LogP contribution in [-0.4, -0.2) is 61.1 Å². The van der Waals surface area contributed by atoms with Gasteiger partial charge in [0.1, 0.15) is 17.0 Å². The quantitative estimate of drug-likeness (QED) is 0.338. The first kappa shape index (κ1) is 31.0. The van der Waals surface area contributed by atoms with Gasteiger partial charge in [0.25, 0.3) is 0 Å². The van der Waals surface area contributed by atoms with Crippen LogP contribution < -0.4 is 10.2 Å². The molecular weight excluding hydrogens is 583 g/mol. The summed E-state index contributed by atoms with van der Waals surface area (Å²) in [6, 6.07) is 9.21. The zero-order chi connectivity index (χ0) is 27.6. The molecule has 1 aromatic carbocycles. The monoisotopic (exact) mass is 617 g/mol. The van der Waals surface area contributed by atoms with Crippen LogP contribution in [-0.2, 0) is 23.0 Å². The molecular formula is C27H35ClF3N5O2S2. The zero-order valence-electron chi connectivity index (χ0n) is 22.4. The number of sulfonamides is 1. The topological polar surface area (TPSA) is 78.4 Å². The number of thiophene rings is 1. The SMILES string of the molecule is CN(c1ncnc2sc(CC(F)(F)F)cc12)[C@@H]1CC[C@H](NCc2ccc(S(=O)(=O)N3CCCCCC3)cc2)C1.Cl. The van der Waals surface area contributed by atoms with Gasteiger partial charge in [0, 0.05) is 43.6 Å². The lowest BCUT2D eigenvalue weighted by Crippen LogP contribution is -2.33. The van der Waals surface area contributed by atoms with E-state index in [0.29, 0.717) is 40.6 Å². The maximum Gasteiger partial charge on any atom is 0.393 e. The van der Waals surface area contributed by atoms with E-state index in [4.69, 9.17) is 0 Å². The molecule has 7 nitrogen and oxygen atoms in total. The fourth-order valence-electron chi connectivity index (χ4n) is 5.60. The smallest absolute Gasteiger partial charge is 0.356 e. The molecule has 0 amide bonds. The molecule has 40 heavy (non-hydrogen) atoms. The average molecular weight is 618 g/mol. The van der Waals surface area contributed by atoms with Gasteiger partial charge in [-0.2, -0.15) is 17.5 Å². The van der Waals surface area contributed by atoms with E-state index in [1.165, 1.54) is 6.33 Å². The van der Waals surface area contributed by atoms with E-state index in [-0.39, 0.29) is 29.4 Å². The Labute approximate surface area is 243 Å². The molecule has 3 heterocycles. The van der Waals surface area contributed by atoms with Crippen LogP contribution in [0.3, 0.4) is 0 Å². The molecule has 0 bridgehead atoms. The molecule has 0 spiro atoms. The van der Waals surface area contributed by atoms with Gasteiger partial charge < -0.3 is 10.2 Å². The highest BCUT2D eigenvalue weighted by atomic mass is 35.5. The third-order valence-electron chi connectivity index (χ3n) is 7.74. The summed E-state index contributed by atoms with van der Waals surface area (Å²) in [6.45, 7) is 1.81. The normalized spacial score (nSPS) is 20.8. The Morgan fingerprint density at radius 3 is 2.45 bits per heavy atom. The number of anilines is 1. The third-order valence-corrected chi connectivity index (χ3v) is 10.7. The second kappa shape index (κ2) is 12.9. The first-order valence-electron chi connectivity index (χ1n) is 13.5. The van der Waals surface area contributed by atoms with Gasteiger partial charge >= 0.3 is 6.18 Å². The maximum atomic E-state index is 13.0. The van der Waals surface area contributed by atoms with Crippen LogP contribution in [0.25, 0.3) is 10.2 Å². The standard InChI is InChI=1S/C27H34F3N5O2S2.ClH/c1-34(25-24-15-22(16-27(28,29)30)38-26(24)33-18-32-25)21-9-8-20(14-21)31-17-19-6-10-23(11-7-19)39(36,37)35-12-4-2-3-5-13-35;/h6-7,10-11,15,18,20-21,31H,2-5,8-9,12-14,16-17H2,1H3;1H/t20-,21+;/m0./s1. The zero-order valence-corrected chi connectivity index (χ0v) is 24.8. The second-order valence-electron chi connectivity index (χ2n) is 10.5. The third kappa shape index (κ3) is 7.25. The highest BCUT2D eigenvalue weighted by Gasteiger charge is 2.31. The van der Waals surface area contributed by atoms with Crippen molar-refractivity contribution in [2.45, 2.75) is 81.1 Å². The summed E-state index contributed by atoms with van der Waals surface area (Å²) in [7, 11) is -1.51. The molecule has 0 radical (unpaired) electrons. The molecule has 5 rings (SSSR count). The van der Waals surface area contributed by atoms with Crippen molar-refractivity contribution in [1.82, 2.24) is 19.6 Å². The van der Waals surface area contributed by atoms with E-state index in [9.17, 15) is 21.6 Å². The molecule has 13 heteroatoms. The lowest BCUT2D eigenvalue weighted by atomic mass is 10.1. The minimum atomic E-state index is -4.26. The van der Waals surface area contributed by atoms with E-state index in [0.717, 1.165) is 61.8 Å². The van der Waals surface area contributed by atoms with Crippen molar-refractivity contribution in [1.29, 1.82) is 0 Å². The predicted octanol–water partition coefficient (Wildman–Crippen LogP) is 5.93. The highest BCUT2D eigenvalue weighted by molar-refractivity contribution is 7.89. The molecule has 2 fully saturated rings. The fourth-order valence-corrected chi connectivity index (χ4v) is 8.14. The molecule has 220 valence electrons. The van der Waals surface area contributed by atoms with Gasteiger partial charge in [0.15, 0.2) is 0 Å². The molecule has 1 aliphatic carbocycles. The molecule has 0 unspecified atom stereocenters. The fraction of sp³-hybridized carbons (Fsp3) is 0.556. The Hall–Kier alpha value is -1.99. The average Bonchev–Trinajstić information content (AvgIpc) is 3.43. The van der Waals surface area contributed by atoms with Gasteiger partial charge in [-0.05, 0) is 55.9 Å². The lowest BCUT2D eigenvalue weighted by molar-refractivity contribution is -0.126. The van der Waals surface area contributed by atoms with E-state index >= 15 is 0 Å². The Bertz CT molecular complexity index is 1380. The van der Waals surface area contributed by atoms with Crippen molar-refractivity contribution < 1.29 is 21.6 Å². The molecule has 2 atom stereocenters. The Morgan fingerprint density at radius 1 is 1.07 bits per heavy atom. The minimum Gasteiger partial charge on any atom is -0.356 e. The van der Waals surface area contributed by atoms with Crippen LogP contribution in [0.1, 0.15) is 55.4 Å². The molecule has 3 aromatic rings. The number of hydrogen-bond acceptors (Lipinski definition) is 7. The Morgan fingerprint density at radius 2 is 1.77 bits per heavy atom. The number of aromatic nitrogens is 2. The molecule has 1 saturated carbocycles. The van der Waals surface area contributed by atoms with Crippen LogP contribution in [0.15, 0.2) is 41.6 Å². The molecule has 1 saturated heterocycles. The largest absolute Gasteiger partial charge is 0.393 e. The second-order valence-corrected chi connectivity index (χ2v) is 13.6. The molecule has 1 aliphatic heterocycles. The summed E-state index contributed by atoms with van der Waals surface area (Å²) in [5.74, 6) is 0.663. The maximum absolute atomic E-state index is 13.0. The number of nitrogens with one attached hydrogen (secondary N) is 1. The van der Waals surface area contributed by atoms with E-state index < -0.39 is 22.6 Å². The highest BCUT2D eigenvalue weighted by Crippen LogP contribution is 2.36. The van der Waals surface area contributed by atoms with Crippen LogP contribution in [0, 0.1) is 0 Å². The summed E-state index contributed by atoms with van der Waals surface area (Å²) in [5, 5.41) is 4.25. The lowest BCUT2D eigenvalue weighted by Gasteiger charge is -2.26. The minimum absolute atomic E-state index is 0. The number of nitrogens with zero attached hydrogens (tertiary/aromatic N) is 4. The van der Waals surface area contributed by atoms with Gasteiger partial charge in [0.2, 0.25) is 10.0 Å². The summed E-state index contributed by atoms with van der Waals surface area (Å²) in [6.07, 6.45) is 2.96. The summed E-state index contributed by atoms with van der Waals surface area (Å²) >= 11 is 1.07. The van der Waals surface area contributed by atoms with Gasteiger partial charge in [-0.1, -0.05) is 25.0 Å². The summed E-state index contributed by atoms with van der Waals surface area (Å²) < 4.78 is 66.4. The summed E-state index contributed by atoms with van der Waals surface area (Å²) in [4.78, 5) is 11.8. The van der Waals surface area contributed by atoms with Gasteiger partial charge in [0.05, 0.1) is 16.7 Å². The number of halogens is 4. The summed E-state index contributed by atoms with van der Waals surface area (Å²) in [5.41, 5.74) is 1.02. The van der Waals surface area contributed by atoms with E-state index in [2.05, 4.69) is 20.2 Å². The Kier molecular flexibility index (Phi) is 9.98. The molecule has 2 aromatic heterocycles. The molecule has 1 N–H and O–H groups in total. The molecule has 2 aliphatic rings. The van der Waals surface area contributed by atoms with Crippen molar-refractivity contribution in [3.05, 3.63) is 47.1 Å². The van der Waals surface area contributed by atoms with Gasteiger partial charge in [-0.3, -0.25) is 0 Å². The van der Waals surface area contributed by atoms with Crippen molar-refractivity contribution in [3.63, 3.8) is 0 Å². The van der Waals surface area contributed by atoms with Crippen LogP contribution >= 0.6 is 23.7 Å². The van der Waals surface area contributed by atoms with E-state index in [1.807, 2.05) is 19.2 Å². The van der Waals surface area contributed by atoms with Crippen LogP contribution in [0.5, 0.6) is 0 Å². The number of hydrogen-bond donors (Lipinski definition) is 1. The number of benzene rings is 1. The number of alkyl halides is 3. The van der Waals surface area contributed by atoms with Crippen LogP contribution in [0.2, 0.25) is 0 Å². The first-order chi connectivity index (χ1) is 18.6. The van der Waals surface area contributed by atoms with Gasteiger partial charge in [-0.15, -0.1) is 23.7 Å². The Balaban J connectivity index is 0.00000370. The van der Waals surface area contributed by atoms with Crippen molar-refractivity contribution in [2.75, 3.05) is 25.0 Å². The van der Waals surface area contributed by atoms with Crippen molar-refractivity contribution in [3.8, 4) is 0 Å².